The second-order valence-electron chi connectivity index (χ2n) is 4.99. The van der Waals surface area contributed by atoms with Crippen molar-refractivity contribution >= 4 is 11.8 Å². The fourth-order valence-corrected chi connectivity index (χ4v) is 2.37. The first-order valence-electron chi connectivity index (χ1n) is 6.63. The van der Waals surface area contributed by atoms with Crippen LogP contribution in [0.1, 0.15) is 38.6 Å². The smallest absolute Gasteiger partial charge is 0.223 e. The summed E-state index contributed by atoms with van der Waals surface area (Å²) in [5.74, 6) is 0.887. The van der Waals surface area contributed by atoms with Gasteiger partial charge in [0.2, 0.25) is 11.8 Å². The number of amides is 2. The summed E-state index contributed by atoms with van der Waals surface area (Å²) in [6, 6.07) is -0.117. The van der Waals surface area contributed by atoms with E-state index >= 15 is 0 Å². The molecule has 2 rings (SSSR count). The molecule has 1 aromatic heterocycles. The minimum absolute atomic E-state index is 0.00647. The molecule has 2 N–H and O–H groups in total. The number of aromatic nitrogens is 2. The van der Waals surface area contributed by atoms with Crippen molar-refractivity contribution in [2.75, 3.05) is 13.1 Å². The van der Waals surface area contributed by atoms with Crippen molar-refractivity contribution in [1.29, 1.82) is 0 Å². The number of piperidine rings is 1. The number of hydrogen-bond donors (Lipinski definition) is 2. The molecule has 2 heterocycles. The van der Waals surface area contributed by atoms with Crippen LogP contribution in [0, 0.1) is 5.92 Å². The molecule has 0 aliphatic carbocycles. The summed E-state index contributed by atoms with van der Waals surface area (Å²) in [7, 11) is 0. The van der Waals surface area contributed by atoms with Gasteiger partial charge in [0.05, 0.1) is 6.04 Å². The number of imidazole rings is 1. The summed E-state index contributed by atoms with van der Waals surface area (Å²) in [4.78, 5) is 32.3. The Morgan fingerprint density at radius 3 is 2.68 bits per heavy atom. The van der Waals surface area contributed by atoms with E-state index < -0.39 is 0 Å². The molecule has 2 amide bonds. The summed E-state index contributed by atoms with van der Waals surface area (Å²) < 4.78 is 0. The molecule has 1 fully saturated rings. The van der Waals surface area contributed by atoms with Gasteiger partial charge in [-0.2, -0.15) is 0 Å². The Kier molecular flexibility index (Phi) is 4.19. The summed E-state index contributed by atoms with van der Waals surface area (Å²) in [5, 5.41) is 2.96. The van der Waals surface area contributed by atoms with Gasteiger partial charge in [-0.05, 0) is 19.8 Å². The summed E-state index contributed by atoms with van der Waals surface area (Å²) in [6.45, 7) is 4.81. The van der Waals surface area contributed by atoms with E-state index in [0.29, 0.717) is 13.1 Å². The maximum Gasteiger partial charge on any atom is 0.223 e. The number of hydrogen-bond acceptors (Lipinski definition) is 3. The number of H-pyrrole nitrogens is 1. The van der Waals surface area contributed by atoms with Gasteiger partial charge in [0, 0.05) is 38.3 Å². The number of aromatic amines is 1. The molecule has 6 nitrogen and oxygen atoms in total. The standard InChI is InChI=1S/C13H20N4O2/c1-9(12-14-5-6-15-12)16-13(19)11-3-7-17(8-4-11)10(2)18/h5-6,9,11H,3-4,7-8H2,1-2H3,(H,14,15)(H,16,19). The van der Waals surface area contributed by atoms with Crippen molar-refractivity contribution in [2.45, 2.75) is 32.7 Å². The minimum Gasteiger partial charge on any atom is -0.347 e. The molecule has 104 valence electrons. The van der Waals surface area contributed by atoms with Crippen molar-refractivity contribution in [1.82, 2.24) is 20.2 Å². The zero-order chi connectivity index (χ0) is 13.8. The molecular formula is C13H20N4O2. The normalized spacial score (nSPS) is 18.1. The Morgan fingerprint density at radius 1 is 1.47 bits per heavy atom. The van der Waals surface area contributed by atoms with E-state index in [1.165, 1.54) is 0 Å². The van der Waals surface area contributed by atoms with E-state index in [-0.39, 0.29) is 23.8 Å². The highest BCUT2D eigenvalue weighted by Crippen LogP contribution is 2.18. The lowest BCUT2D eigenvalue weighted by Gasteiger charge is -2.31. The number of nitrogens with one attached hydrogen (secondary N) is 2. The zero-order valence-corrected chi connectivity index (χ0v) is 11.3. The number of carbonyl (C=O) groups excluding carboxylic acids is 2. The van der Waals surface area contributed by atoms with E-state index in [4.69, 9.17) is 0 Å². The van der Waals surface area contributed by atoms with Gasteiger partial charge < -0.3 is 15.2 Å². The van der Waals surface area contributed by atoms with Gasteiger partial charge in [0.1, 0.15) is 5.82 Å². The molecule has 0 spiro atoms. The lowest BCUT2D eigenvalue weighted by atomic mass is 9.95. The predicted molar refractivity (Wildman–Crippen MR) is 70.1 cm³/mol. The Hall–Kier alpha value is -1.85. The topological polar surface area (TPSA) is 78.1 Å². The summed E-state index contributed by atoms with van der Waals surface area (Å²) in [6.07, 6.45) is 4.87. The fourth-order valence-electron chi connectivity index (χ4n) is 2.37. The van der Waals surface area contributed by atoms with Crippen LogP contribution in [0.15, 0.2) is 12.4 Å². The predicted octanol–water partition coefficient (Wildman–Crippen LogP) is 0.845. The SMILES string of the molecule is CC(=O)N1CCC(C(=O)NC(C)c2ncc[nH]2)CC1. The largest absolute Gasteiger partial charge is 0.347 e. The number of rotatable bonds is 3. The van der Waals surface area contributed by atoms with Gasteiger partial charge in [-0.3, -0.25) is 9.59 Å². The fraction of sp³-hybridized carbons (Fsp3) is 0.615. The van der Waals surface area contributed by atoms with Crippen molar-refractivity contribution in [3.8, 4) is 0 Å². The van der Waals surface area contributed by atoms with E-state index in [1.807, 2.05) is 6.92 Å². The quantitative estimate of drug-likeness (QED) is 0.849. The van der Waals surface area contributed by atoms with Crippen LogP contribution >= 0.6 is 0 Å². The van der Waals surface area contributed by atoms with Gasteiger partial charge in [-0.1, -0.05) is 0 Å². The van der Waals surface area contributed by atoms with Crippen molar-refractivity contribution in [2.24, 2.45) is 5.92 Å². The molecule has 1 saturated heterocycles. The van der Waals surface area contributed by atoms with Crippen LogP contribution in [0.3, 0.4) is 0 Å². The first kappa shape index (κ1) is 13.6. The average Bonchev–Trinajstić information content (AvgIpc) is 2.92. The monoisotopic (exact) mass is 264 g/mol. The molecule has 0 radical (unpaired) electrons. The molecule has 1 atom stereocenters. The first-order valence-corrected chi connectivity index (χ1v) is 6.63. The van der Waals surface area contributed by atoms with Crippen LogP contribution in [0.5, 0.6) is 0 Å². The molecule has 6 heteroatoms. The van der Waals surface area contributed by atoms with Gasteiger partial charge in [-0.15, -0.1) is 0 Å². The highest BCUT2D eigenvalue weighted by Gasteiger charge is 2.27. The summed E-state index contributed by atoms with van der Waals surface area (Å²) in [5.41, 5.74) is 0. The second-order valence-corrected chi connectivity index (χ2v) is 4.99. The first-order chi connectivity index (χ1) is 9.08. The zero-order valence-electron chi connectivity index (χ0n) is 11.3. The van der Waals surface area contributed by atoms with Crippen LogP contribution in [0.25, 0.3) is 0 Å². The molecule has 1 aliphatic rings. The van der Waals surface area contributed by atoms with Gasteiger partial charge in [-0.25, -0.2) is 4.98 Å². The van der Waals surface area contributed by atoms with Crippen LogP contribution < -0.4 is 5.32 Å². The molecule has 1 aromatic rings. The summed E-state index contributed by atoms with van der Waals surface area (Å²) >= 11 is 0. The van der Waals surface area contributed by atoms with E-state index in [2.05, 4.69) is 15.3 Å². The molecule has 0 bridgehead atoms. The van der Waals surface area contributed by atoms with Crippen LogP contribution in [-0.4, -0.2) is 39.8 Å². The Balaban J connectivity index is 1.83. The molecule has 19 heavy (non-hydrogen) atoms. The van der Waals surface area contributed by atoms with E-state index in [1.54, 1.807) is 24.2 Å². The Bertz CT molecular complexity index is 436. The van der Waals surface area contributed by atoms with Crippen LogP contribution in [0.2, 0.25) is 0 Å². The van der Waals surface area contributed by atoms with Gasteiger partial charge >= 0.3 is 0 Å². The van der Waals surface area contributed by atoms with E-state index in [9.17, 15) is 9.59 Å². The lowest BCUT2D eigenvalue weighted by molar-refractivity contribution is -0.134. The highest BCUT2D eigenvalue weighted by atomic mass is 16.2. The van der Waals surface area contributed by atoms with Crippen molar-refractivity contribution < 1.29 is 9.59 Å². The van der Waals surface area contributed by atoms with Gasteiger partial charge in [0.25, 0.3) is 0 Å². The average molecular weight is 264 g/mol. The van der Waals surface area contributed by atoms with Crippen LogP contribution in [-0.2, 0) is 9.59 Å². The maximum absolute atomic E-state index is 12.1. The molecule has 0 saturated carbocycles. The Labute approximate surface area is 112 Å². The molecule has 1 aliphatic heterocycles. The third-order valence-corrected chi connectivity index (χ3v) is 3.60. The lowest BCUT2D eigenvalue weighted by Crippen LogP contribution is -2.42. The highest BCUT2D eigenvalue weighted by molar-refractivity contribution is 5.79. The maximum atomic E-state index is 12.1. The second kappa shape index (κ2) is 5.86. The van der Waals surface area contributed by atoms with Gasteiger partial charge in [0.15, 0.2) is 0 Å². The van der Waals surface area contributed by atoms with E-state index in [0.717, 1.165) is 18.7 Å². The number of nitrogens with zero attached hydrogens (tertiary/aromatic N) is 2. The minimum atomic E-state index is -0.117. The van der Waals surface area contributed by atoms with Crippen LogP contribution in [0.4, 0.5) is 0 Å². The van der Waals surface area contributed by atoms with Crippen molar-refractivity contribution in [3.05, 3.63) is 18.2 Å². The molecule has 0 aromatic carbocycles. The Morgan fingerprint density at radius 2 is 2.16 bits per heavy atom. The third-order valence-electron chi connectivity index (χ3n) is 3.60. The molecular weight excluding hydrogens is 244 g/mol. The number of carbonyl (C=O) groups is 2. The molecule has 1 unspecified atom stereocenters. The number of likely N-dealkylation sites (tertiary alicyclic amines) is 1. The third kappa shape index (κ3) is 3.33. The van der Waals surface area contributed by atoms with Crippen molar-refractivity contribution in [3.63, 3.8) is 0 Å².